The second kappa shape index (κ2) is 8.34. The monoisotopic (exact) mass is 429 g/mol. The molecule has 7 nitrogen and oxygen atoms in total. The van der Waals surface area contributed by atoms with Crippen molar-refractivity contribution in [1.82, 2.24) is 24.5 Å². The summed E-state index contributed by atoms with van der Waals surface area (Å²) in [6, 6.07) is 9.32. The van der Waals surface area contributed by atoms with Crippen LogP contribution in [0.4, 0.5) is 0 Å². The SMILES string of the molecule is CCCn1c(=O)c2sccc2n2c(CCC(=O)NCc3ccccc3Cl)nnc12. The first kappa shape index (κ1) is 19.6. The maximum atomic E-state index is 12.7. The molecular weight excluding hydrogens is 410 g/mol. The van der Waals surface area contributed by atoms with E-state index in [4.69, 9.17) is 11.6 Å². The molecule has 3 aromatic heterocycles. The molecule has 0 bridgehead atoms. The maximum absolute atomic E-state index is 12.7. The van der Waals surface area contributed by atoms with Gasteiger partial charge in [0.15, 0.2) is 0 Å². The van der Waals surface area contributed by atoms with Gasteiger partial charge in [-0.25, -0.2) is 0 Å². The largest absolute Gasteiger partial charge is 0.352 e. The van der Waals surface area contributed by atoms with E-state index in [-0.39, 0.29) is 17.9 Å². The molecule has 150 valence electrons. The number of hydrogen-bond acceptors (Lipinski definition) is 5. The fourth-order valence-electron chi connectivity index (χ4n) is 3.32. The van der Waals surface area contributed by atoms with Crippen molar-refractivity contribution in [2.24, 2.45) is 0 Å². The summed E-state index contributed by atoms with van der Waals surface area (Å²) in [5.41, 5.74) is 1.62. The van der Waals surface area contributed by atoms with Gasteiger partial charge in [0.1, 0.15) is 10.5 Å². The molecule has 0 aliphatic heterocycles. The highest BCUT2D eigenvalue weighted by atomic mass is 35.5. The number of amides is 1. The second-order valence-corrected chi connectivity index (χ2v) is 8.03. The molecule has 0 aliphatic rings. The molecule has 0 aliphatic carbocycles. The number of carbonyl (C=O) groups is 1. The summed E-state index contributed by atoms with van der Waals surface area (Å²) in [4.78, 5) is 25.1. The third kappa shape index (κ3) is 3.77. The van der Waals surface area contributed by atoms with Crippen molar-refractivity contribution in [3.8, 4) is 0 Å². The average molecular weight is 430 g/mol. The molecule has 0 saturated carbocycles. The highest BCUT2D eigenvalue weighted by Crippen LogP contribution is 2.20. The molecule has 3 heterocycles. The van der Waals surface area contributed by atoms with Gasteiger partial charge in [0.05, 0.1) is 5.52 Å². The summed E-state index contributed by atoms with van der Waals surface area (Å²) in [5, 5.41) is 13.9. The molecule has 0 atom stereocenters. The highest BCUT2D eigenvalue weighted by Gasteiger charge is 2.17. The van der Waals surface area contributed by atoms with E-state index in [0.717, 1.165) is 17.5 Å². The van der Waals surface area contributed by atoms with Crippen LogP contribution in [0.1, 0.15) is 31.2 Å². The Hall–Kier alpha value is -2.71. The molecular formula is C20H20ClN5O2S. The lowest BCUT2D eigenvalue weighted by atomic mass is 10.2. The summed E-state index contributed by atoms with van der Waals surface area (Å²) in [5.74, 6) is 1.10. The van der Waals surface area contributed by atoms with E-state index in [1.54, 1.807) is 10.6 Å². The lowest BCUT2D eigenvalue weighted by Crippen LogP contribution is -2.24. The van der Waals surface area contributed by atoms with Crippen molar-refractivity contribution in [3.63, 3.8) is 0 Å². The number of nitrogens with zero attached hydrogens (tertiary/aromatic N) is 4. The van der Waals surface area contributed by atoms with E-state index >= 15 is 0 Å². The van der Waals surface area contributed by atoms with Gasteiger partial charge in [-0.15, -0.1) is 21.5 Å². The second-order valence-electron chi connectivity index (χ2n) is 6.71. The van der Waals surface area contributed by atoms with E-state index in [9.17, 15) is 9.59 Å². The van der Waals surface area contributed by atoms with Crippen molar-refractivity contribution in [2.45, 2.75) is 39.3 Å². The van der Waals surface area contributed by atoms with E-state index in [0.29, 0.717) is 40.8 Å². The van der Waals surface area contributed by atoms with E-state index < -0.39 is 0 Å². The van der Waals surface area contributed by atoms with Gasteiger partial charge in [0.2, 0.25) is 11.7 Å². The molecule has 1 N–H and O–H groups in total. The van der Waals surface area contributed by atoms with Crippen LogP contribution in [0.3, 0.4) is 0 Å². The molecule has 9 heteroatoms. The third-order valence-corrected chi connectivity index (χ3v) is 6.00. The predicted molar refractivity (Wildman–Crippen MR) is 115 cm³/mol. The van der Waals surface area contributed by atoms with Crippen LogP contribution in [0.25, 0.3) is 16.0 Å². The Morgan fingerprint density at radius 3 is 2.86 bits per heavy atom. The van der Waals surface area contributed by atoms with Crippen LogP contribution in [0.15, 0.2) is 40.5 Å². The van der Waals surface area contributed by atoms with Gasteiger partial charge in [0.25, 0.3) is 5.56 Å². The smallest absolute Gasteiger partial charge is 0.272 e. The molecule has 0 unspecified atom stereocenters. The number of fused-ring (bicyclic) bond motifs is 3. The number of hydrogen-bond donors (Lipinski definition) is 1. The molecule has 29 heavy (non-hydrogen) atoms. The van der Waals surface area contributed by atoms with Gasteiger partial charge in [-0.1, -0.05) is 36.7 Å². The molecule has 4 rings (SSSR count). The Kier molecular flexibility index (Phi) is 5.64. The molecule has 0 radical (unpaired) electrons. The fourth-order valence-corrected chi connectivity index (χ4v) is 4.34. The zero-order chi connectivity index (χ0) is 20.4. The first-order valence-electron chi connectivity index (χ1n) is 9.44. The maximum Gasteiger partial charge on any atom is 0.272 e. The topological polar surface area (TPSA) is 81.3 Å². The number of nitrogens with one attached hydrogen (secondary N) is 1. The number of benzene rings is 1. The molecule has 4 aromatic rings. The summed E-state index contributed by atoms with van der Waals surface area (Å²) in [6.07, 6.45) is 1.51. The Morgan fingerprint density at radius 1 is 1.24 bits per heavy atom. The summed E-state index contributed by atoms with van der Waals surface area (Å²) in [7, 11) is 0. The Morgan fingerprint density at radius 2 is 2.07 bits per heavy atom. The molecule has 1 aromatic carbocycles. The lowest BCUT2D eigenvalue weighted by molar-refractivity contribution is -0.121. The van der Waals surface area contributed by atoms with Crippen LogP contribution >= 0.6 is 22.9 Å². The van der Waals surface area contributed by atoms with Crippen LogP contribution < -0.4 is 10.9 Å². The van der Waals surface area contributed by atoms with E-state index in [1.165, 1.54) is 11.3 Å². The summed E-state index contributed by atoms with van der Waals surface area (Å²) < 4.78 is 4.23. The Labute approximate surface area is 175 Å². The standard InChI is InChI=1S/C20H20ClN5O2S/c1-2-10-25-19(28)18-15(9-11-29-18)26-16(23-24-20(25)26)7-8-17(27)22-12-13-5-3-4-6-14(13)21/h3-6,9,11H,2,7-8,10,12H2,1H3,(H,22,27). The van der Waals surface area contributed by atoms with Crippen LogP contribution in [0.2, 0.25) is 5.02 Å². The minimum Gasteiger partial charge on any atom is -0.352 e. The quantitative estimate of drug-likeness (QED) is 0.488. The van der Waals surface area contributed by atoms with Crippen LogP contribution in [0, 0.1) is 0 Å². The lowest BCUT2D eigenvalue weighted by Gasteiger charge is -2.09. The van der Waals surface area contributed by atoms with Crippen LogP contribution in [0.5, 0.6) is 0 Å². The third-order valence-electron chi connectivity index (χ3n) is 4.74. The zero-order valence-corrected chi connectivity index (χ0v) is 17.5. The summed E-state index contributed by atoms with van der Waals surface area (Å²) in [6.45, 7) is 2.97. The van der Waals surface area contributed by atoms with Gasteiger partial charge >= 0.3 is 0 Å². The first-order chi connectivity index (χ1) is 14.1. The molecule has 0 fully saturated rings. The normalized spacial score (nSPS) is 11.4. The van der Waals surface area contributed by atoms with Crippen molar-refractivity contribution >= 4 is 44.8 Å². The van der Waals surface area contributed by atoms with Gasteiger partial charge in [-0.3, -0.25) is 18.6 Å². The Balaban J connectivity index is 1.55. The number of thiophene rings is 1. The molecule has 0 saturated heterocycles. The van der Waals surface area contributed by atoms with Gasteiger partial charge in [0, 0.05) is 31.0 Å². The van der Waals surface area contributed by atoms with Gasteiger partial charge < -0.3 is 5.32 Å². The number of carbonyl (C=O) groups excluding carboxylic acids is 1. The first-order valence-corrected chi connectivity index (χ1v) is 10.7. The Bertz CT molecular complexity index is 1240. The van der Waals surface area contributed by atoms with Crippen molar-refractivity contribution in [3.05, 3.63) is 62.5 Å². The predicted octanol–water partition coefficient (Wildman–Crippen LogP) is 3.42. The molecule has 1 amide bonds. The van der Waals surface area contributed by atoms with Crippen LogP contribution in [-0.4, -0.2) is 25.1 Å². The number of halogens is 1. The number of aryl methyl sites for hydroxylation is 2. The zero-order valence-electron chi connectivity index (χ0n) is 15.9. The van der Waals surface area contributed by atoms with Crippen molar-refractivity contribution in [1.29, 1.82) is 0 Å². The van der Waals surface area contributed by atoms with E-state index in [2.05, 4.69) is 15.5 Å². The minimum absolute atomic E-state index is 0.0409. The van der Waals surface area contributed by atoms with Crippen LogP contribution in [-0.2, 0) is 24.3 Å². The van der Waals surface area contributed by atoms with E-state index in [1.807, 2.05) is 41.0 Å². The minimum atomic E-state index is -0.0925. The number of aromatic nitrogens is 4. The van der Waals surface area contributed by atoms with Crippen molar-refractivity contribution < 1.29 is 4.79 Å². The highest BCUT2D eigenvalue weighted by molar-refractivity contribution is 7.17. The fraction of sp³-hybridized carbons (Fsp3) is 0.300. The molecule has 0 spiro atoms. The summed E-state index contributed by atoms with van der Waals surface area (Å²) >= 11 is 7.54. The average Bonchev–Trinajstić information content (AvgIpc) is 3.36. The van der Waals surface area contributed by atoms with Gasteiger partial charge in [-0.05, 0) is 29.5 Å². The van der Waals surface area contributed by atoms with Crippen molar-refractivity contribution in [2.75, 3.05) is 0 Å². The number of rotatable bonds is 7. The van der Waals surface area contributed by atoms with Gasteiger partial charge in [-0.2, -0.15) is 0 Å².